The van der Waals surface area contributed by atoms with Gasteiger partial charge in [0.1, 0.15) is 11.6 Å². The highest BCUT2D eigenvalue weighted by molar-refractivity contribution is 7.15. The largest absolute Gasteiger partial charge is 0.293 e. The highest BCUT2D eigenvalue weighted by Crippen LogP contribution is 2.30. The van der Waals surface area contributed by atoms with Crippen LogP contribution in [0.2, 0.25) is 0 Å². The topological polar surface area (TPSA) is 29.0 Å². The van der Waals surface area contributed by atoms with Gasteiger partial charge >= 0.3 is 0 Å². The van der Waals surface area contributed by atoms with Crippen LogP contribution >= 0.6 is 11.3 Å². The minimum Gasteiger partial charge on any atom is -0.293 e. The van der Waals surface area contributed by atoms with Crippen LogP contribution in [0.4, 0.5) is 4.39 Å². The summed E-state index contributed by atoms with van der Waals surface area (Å²) in [6.45, 7) is 7.11. The minimum atomic E-state index is -0.194. The maximum atomic E-state index is 13.1. The number of hydrogen-bond acceptors (Lipinski definition) is 4. The van der Waals surface area contributed by atoms with Gasteiger partial charge in [0.2, 0.25) is 0 Å². The molecule has 3 aromatic rings. The summed E-state index contributed by atoms with van der Waals surface area (Å²) in [6, 6.07) is 11.0. The van der Waals surface area contributed by atoms with E-state index in [1.807, 2.05) is 18.3 Å². The normalized spacial score (nSPS) is 14.6. The van der Waals surface area contributed by atoms with Gasteiger partial charge in [-0.2, -0.15) is 0 Å². The molecule has 3 nitrogen and oxygen atoms in total. The smallest absolute Gasteiger partial charge is 0.131 e. The first-order valence-electron chi connectivity index (χ1n) is 9.00. The first kappa shape index (κ1) is 17.3. The molecule has 0 spiro atoms. The summed E-state index contributed by atoms with van der Waals surface area (Å²) in [4.78, 5) is 14.2. The van der Waals surface area contributed by atoms with E-state index < -0.39 is 0 Å². The monoisotopic (exact) mass is 367 g/mol. The van der Waals surface area contributed by atoms with Crippen LogP contribution in [0.5, 0.6) is 0 Å². The number of fused-ring (bicyclic) bond motifs is 1. The van der Waals surface area contributed by atoms with E-state index in [2.05, 4.69) is 35.9 Å². The fourth-order valence-electron chi connectivity index (χ4n) is 3.26. The third-order valence-electron chi connectivity index (χ3n) is 4.72. The zero-order valence-electron chi connectivity index (χ0n) is 15.1. The molecule has 134 valence electrons. The summed E-state index contributed by atoms with van der Waals surface area (Å²) >= 11 is 1.78. The Kier molecular flexibility index (Phi) is 4.83. The van der Waals surface area contributed by atoms with Crippen LogP contribution in [0.25, 0.3) is 10.4 Å². The molecule has 1 aliphatic rings. The quantitative estimate of drug-likeness (QED) is 0.648. The Morgan fingerprint density at radius 3 is 2.73 bits per heavy atom. The average molecular weight is 367 g/mol. The summed E-state index contributed by atoms with van der Waals surface area (Å²) < 4.78 is 13.1. The molecule has 3 heterocycles. The van der Waals surface area contributed by atoms with Gasteiger partial charge in [-0.3, -0.25) is 4.90 Å². The second-order valence-corrected chi connectivity index (χ2v) is 8.26. The van der Waals surface area contributed by atoms with Crippen molar-refractivity contribution in [3.05, 3.63) is 70.4 Å². The van der Waals surface area contributed by atoms with E-state index in [9.17, 15) is 4.39 Å². The molecule has 0 amide bonds. The minimum absolute atomic E-state index is 0.194. The van der Waals surface area contributed by atoms with E-state index >= 15 is 0 Å². The lowest BCUT2D eigenvalue weighted by Gasteiger charge is -2.27. The lowest BCUT2D eigenvalue weighted by Crippen LogP contribution is -2.30. The Bertz CT molecular complexity index is 902. The van der Waals surface area contributed by atoms with Gasteiger partial charge in [0, 0.05) is 59.2 Å². The Hall–Kier alpha value is -2.11. The highest BCUT2D eigenvalue weighted by Gasteiger charge is 2.19. The first-order chi connectivity index (χ1) is 12.6. The number of halogens is 1. The summed E-state index contributed by atoms with van der Waals surface area (Å²) in [5.74, 6) is 1.12. The molecule has 26 heavy (non-hydrogen) atoms. The average Bonchev–Trinajstić information content (AvgIpc) is 3.10. The molecule has 5 heteroatoms. The maximum absolute atomic E-state index is 13.1. The van der Waals surface area contributed by atoms with Crippen molar-refractivity contribution in [3.63, 3.8) is 0 Å². The van der Waals surface area contributed by atoms with Crippen molar-refractivity contribution in [3.8, 4) is 10.4 Å². The van der Waals surface area contributed by atoms with Gasteiger partial charge in [0.25, 0.3) is 0 Å². The van der Waals surface area contributed by atoms with E-state index in [0.29, 0.717) is 5.92 Å². The zero-order chi connectivity index (χ0) is 18.1. The van der Waals surface area contributed by atoms with Crippen molar-refractivity contribution >= 4 is 11.3 Å². The van der Waals surface area contributed by atoms with Gasteiger partial charge in [-0.15, -0.1) is 11.3 Å². The van der Waals surface area contributed by atoms with Gasteiger partial charge in [0.15, 0.2) is 0 Å². The predicted octanol–water partition coefficient (Wildman–Crippen LogP) is 5.03. The standard InChI is InChI=1S/C21H22FN3S/c1-14(2)21-23-11-16-12-25(10-9-19(16)24-21)13-18-7-8-20(26-18)15-3-5-17(22)6-4-15/h3-8,11,14H,9-10,12-13H2,1-2H3. The molecule has 0 saturated carbocycles. The first-order valence-corrected chi connectivity index (χ1v) is 9.82. The molecule has 0 saturated heterocycles. The second-order valence-electron chi connectivity index (χ2n) is 7.09. The third-order valence-corrected chi connectivity index (χ3v) is 5.84. The van der Waals surface area contributed by atoms with Gasteiger partial charge < -0.3 is 0 Å². The van der Waals surface area contributed by atoms with Crippen LogP contribution in [-0.2, 0) is 19.5 Å². The molecule has 0 radical (unpaired) electrons. The molecule has 0 aliphatic carbocycles. The number of thiophene rings is 1. The number of benzene rings is 1. The van der Waals surface area contributed by atoms with E-state index in [4.69, 9.17) is 4.98 Å². The van der Waals surface area contributed by atoms with E-state index in [1.165, 1.54) is 33.1 Å². The van der Waals surface area contributed by atoms with Gasteiger partial charge in [-0.05, 0) is 29.8 Å². The summed E-state index contributed by atoms with van der Waals surface area (Å²) in [7, 11) is 0. The Morgan fingerprint density at radius 1 is 1.15 bits per heavy atom. The fraction of sp³-hybridized carbons (Fsp3) is 0.333. The van der Waals surface area contributed by atoms with Crippen LogP contribution in [-0.4, -0.2) is 21.4 Å². The van der Waals surface area contributed by atoms with Crippen LogP contribution < -0.4 is 0 Å². The van der Waals surface area contributed by atoms with Crippen LogP contribution in [0.1, 0.15) is 41.7 Å². The zero-order valence-corrected chi connectivity index (χ0v) is 15.9. The fourth-order valence-corrected chi connectivity index (χ4v) is 4.31. The molecular weight excluding hydrogens is 345 g/mol. The molecule has 1 aromatic carbocycles. The number of rotatable bonds is 4. The molecule has 0 bridgehead atoms. The van der Waals surface area contributed by atoms with Gasteiger partial charge in [0.05, 0.1) is 0 Å². The van der Waals surface area contributed by atoms with Gasteiger partial charge in [-0.25, -0.2) is 14.4 Å². The van der Waals surface area contributed by atoms with Crippen molar-refractivity contribution < 1.29 is 4.39 Å². The van der Waals surface area contributed by atoms with Crippen molar-refractivity contribution in [1.29, 1.82) is 0 Å². The molecule has 0 unspecified atom stereocenters. The van der Waals surface area contributed by atoms with Crippen LogP contribution in [0, 0.1) is 5.82 Å². The molecular formula is C21H22FN3S. The van der Waals surface area contributed by atoms with E-state index in [-0.39, 0.29) is 5.82 Å². The third kappa shape index (κ3) is 3.69. The Morgan fingerprint density at radius 2 is 1.96 bits per heavy atom. The highest BCUT2D eigenvalue weighted by atomic mass is 32.1. The SMILES string of the molecule is CC(C)c1ncc2c(n1)CCN(Cc1ccc(-c3ccc(F)cc3)s1)C2. The lowest BCUT2D eigenvalue weighted by molar-refractivity contribution is 0.244. The van der Waals surface area contributed by atoms with Crippen molar-refractivity contribution in [2.24, 2.45) is 0 Å². The maximum Gasteiger partial charge on any atom is 0.131 e. The van der Waals surface area contributed by atoms with E-state index in [1.54, 1.807) is 11.3 Å². The predicted molar refractivity (Wildman–Crippen MR) is 104 cm³/mol. The summed E-state index contributed by atoms with van der Waals surface area (Å²) in [5.41, 5.74) is 3.52. The second kappa shape index (κ2) is 7.25. The van der Waals surface area contributed by atoms with Crippen LogP contribution in [0.15, 0.2) is 42.6 Å². The number of nitrogens with zero attached hydrogens (tertiary/aromatic N) is 3. The molecule has 1 aliphatic heterocycles. The van der Waals surface area contributed by atoms with E-state index in [0.717, 1.165) is 37.4 Å². The summed E-state index contributed by atoms with van der Waals surface area (Å²) in [5, 5.41) is 0. The van der Waals surface area contributed by atoms with Crippen molar-refractivity contribution in [2.75, 3.05) is 6.54 Å². The molecule has 4 rings (SSSR count). The van der Waals surface area contributed by atoms with Crippen LogP contribution in [0.3, 0.4) is 0 Å². The molecule has 0 N–H and O–H groups in total. The molecule has 0 atom stereocenters. The van der Waals surface area contributed by atoms with Gasteiger partial charge in [-0.1, -0.05) is 26.0 Å². The summed E-state index contributed by atoms with van der Waals surface area (Å²) in [6.07, 6.45) is 2.98. The lowest BCUT2D eigenvalue weighted by atomic mass is 10.1. The number of aromatic nitrogens is 2. The number of hydrogen-bond donors (Lipinski definition) is 0. The Balaban J connectivity index is 1.45. The van der Waals surface area contributed by atoms with Crippen molar-refractivity contribution in [1.82, 2.24) is 14.9 Å². The molecule has 2 aromatic heterocycles. The Labute approximate surface area is 157 Å². The molecule has 0 fully saturated rings. The van der Waals surface area contributed by atoms with Crippen molar-refractivity contribution in [2.45, 2.75) is 39.3 Å².